The smallest absolute Gasteiger partial charge is 0.407 e. The number of carbonyl (C=O) groups is 3. The first-order valence-electron chi connectivity index (χ1n) is 11.2. The van der Waals surface area contributed by atoms with E-state index in [1.165, 1.54) is 0 Å². The molecular weight excluding hydrogens is 420 g/mol. The molecule has 33 heavy (non-hydrogen) atoms. The van der Waals surface area contributed by atoms with Crippen LogP contribution in [0.2, 0.25) is 0 Å². The van der Waals surface area contributed by atoms with Crippen molar-refractivity contribution in [2.45, 2.75) is 58.5 Å². The summed E-state index contributed by atoms with van der Waals surface area (Å²) in [4.78, 5) is 35.9. The fraction of sp³-hybridized carbons (Fsp3) is 0.423. The maximum Gasteiger partial charge on any atom is 0.407 e. The molecule has 0 radical (unpaired) electrons. The van der Waals surface area contributed by atoms with Gasteiger partial charge in [-0.25, -0.2) is 4.79 Å². The van der Waals surface area contributed by atoms with Gasteiger partial charge in [0, 0.05) is 24.4 Å². The number of hydrogen-bond acceptors (Lipinski definition) is 4. The van der Waals surface area contributed by atoms with Crippen LogP contribution in [0.25, 0.3) is 11.1 Å². The molecule has 1 unspecified atom stereocenters. The number of ether oxygens (including phenoxy) is 1. The van der Waals surface area contributed by atoms with Gasteiger partial charge in [0.25, 0.3) is 0 Å². The Hall–Kier alpha value is -3.35. The summed E-state index contributed by atoms with van der Waals surface area (Å²) in [5.41, 5.74) is 4.16. The Kier molecular flexibility index (Phi) is 7.41. The van der Waals surface area contributed by atoms with Gasteiger partial charge in [-0.1, -0.05) is 69.3 Å². The maximum absolute atomic E-state index is 12.4. The molecule has 0 aliphatic heterocycles. The van der Waals surface area contributed by atoms with Crippen molar-refractivity contribution in [3.8, 4) is 11.1 Å². The van der Waals surface area contributed by atoms with Gasteiger partial charge in [-0.3, -0.25) is 9.59 Å². The van der Waals surface area contributed by atoms with Crippen LogP contribution in [0.3, 0.4) is 0 Å². The zero-order valence-electron chi connectivity index (χ0n) is 19.6. The van der Waals surface area contributed by atoms with Gasteiger partial charge >= 0.3 is 12.1 Å². The molecule has 0 spiro atoms. The second-order valence-corrected chi connectivity index (χ2v) is 9.66. The van der Waals surface area contributed by atoms with Crippen molar-refractivity contribution in [2.24, 2.45) is 5.41 Å². The molecule has 3 N–H and O–H groups in total. The fourth-order valence-corrected chi connectivity index (χ4v) is 4.17. The molecule has 0 saturated heterocycles. The zero-order valence-corrected chi connectivity index (χ0v) is 19.6. The van der Waals surface area contributed by atoms with Gasteiger partial charge in [0.2, 0.25) is 5.91 Å². The summed E-state index contributed by atoms with van der Waals surface area (Å²) in [5.74, 6) is -1.33. The van der Waals surface area contributed by atoms with E-state index in [9.17, 15) is 14.4 Å². The second kappa shape index (κ2) is 10.1. The van der Waals surface area contributed by atoms with Crippen LogP contribution < -0.4 is 10.6 Å². The molecule has 3 rings (SSSR count). The molecule has 0 saturated carbocycles. The number of benzene rings is 2. The van der Waals surface area contributed by atoms with Gasteiger partial charge in [0.15, 0.2) is 0 Å². The lowest BCUT2D eigenvalue weighted by atomic mass is 9.84. The van der Waals surface area contributed by atoms with Crippen molar-refractivity contribution in [1.29, 1.82) is 0 Å². The number of carboxylic acid groups (broad SMARTS) is 1. The first-order chi connectivity index (χ1) is 15.6. The predicted molar refractivity (Wildman–Crippen MR) is 126 cm³/mol. The molecule has 2 aromatic carbocycles. The minimum Gasteiger partial charge on any atom is -0.481 e. The lowest BCUT2D eigenvalue weighted by Crippen LogP contribution is -2.47. The first-order valence-corrected chi connectivity index (χ1v) is 11.2. The average molecular weight is 453 g/mol. The van der Waals surface area contributed by atoms with E-state index in [1.54, 1.807) is 6.92 Å². The van der Waals surface area contributed by atoms with Gasteiger partial charge in [-0.15, -0.1) is 0 Å². The third-order valence-electron chi connectivity index (χ3n) is 5.96. The van der Waals surface area contributed by atoms with E-state index in [1.807, 2.05) is 45.0 Å². The Bertz CT molecular complexity index is 982. The first kappa shape index (κ1) is 24.3. The molecule has 1 aliphatic rings. The number of rotatable bonds is 8. The molecule has 0 bridgehead atoms. The molecular formula is C26H32N2O5. The Morgan fingerprint density at radius 1 is 0.939 bits per heavy atom. The van der Waals surface area contributed by atoms with Crippen LogP contribution in [-0.4, -0.2) is 41.8 Å². The van der Waals surface area contributed by atoms with E-state index in [0.29, 0.717) is 0 Å². The van der Waals surface area contributed by atoms with Crippen LogP contribution in [0.4, 0.5) is 4.79 Å². The summed E-state index contributed by atoms with van der Waals surface area (Å²) >= 11 is 0. The van der Waals surface area contributed by atoms with Gasteiger partial charge in [0.05, 0.1) is 6.42 Å². The van der Waals surface area contributed by atoms with Gasteiger partial charge in [-0.2, -0.15) is 0 Å². The van der Waals surface area contributed by atoms with Crippen molar-refractivity contribution in [3.63, 3.8) is 0 Å². The number of hydrogen-bond donors (Lipinski definition) is 3. The molecule has 2 aromatic rings. The molecule has 176 valence electrons. The number of aliphatic carboxylic acids is 1. The summed E-state index contributed by atoms with van der Waals surface area (Å²) in [5, 5.41) is 14.6. The highest BCUT2D eigenvalue weighted by atomic mass is 16.5. The van der Waals surface area contributed by atoms with Gasteiger partial charge in [0.1, 0.15) is 6.61 Å². The Balaban J connectivity index is 1.53. The Morgan fingerprint density at radius 2 is 1.48 bits per heavy atom. The summed E-state index contributed by atoms with van der Waals surface area (Å²) in [6.45, 7) is 7.53. The topological polar surface area (TPSA) is 105 Å². The zero-order chi connectivity index (χ0) is 24.2. The lowest BCUT2D eigenvalue weighted by molar-refractivity contribution is -0.138. The van der Waals surface area contributed by atoms with E-state index in [2.05, 4.69) is 34.9 Å². The molecule has 0 heterocycles. The molecule has 7 heteroatoms. The van der Waals surface area contributed by atoms with Crippen molar-refractivity contribution >= 4 is 18.0 Å². The van der Waals surface area contributed by atoms with Crippen molar-refractivity contribution in [3.05, 3.63) is 59.7 Å². The van der Waals surface area contributed by atoms with Crippen LogP contribution in [-0.2, 0) is 14.3 Å². The third-order valence-corrected chi connectivity index (χ3v) is 5.96. The number of carbonyl (C=O) groups excluding carboxylic acids is 2. The number of alkyl carbamates (subject to hydrolysis) is 1. The quantitative estimate of drug-likeness (QED) is 0.554. The van der Waals surface area contributed by atoms with Crippen LogP contribution in [0, 0.1) is 5.41 Å². The van der Waals surface area contributed by atoms with Crippen LogP contribution >= 0.6 is 0 Å². The van der Waals surface area contributed by atoms with E-state index in [-0.39, 0.29) is 31.3 Å². The highest BCUT2D eigenvalue weighted by Crippen LogP contribution is 2.44. The van der Waals surface area contributed by atoms with E-state index in [4.69, 9.17) is 9.84 Å². The van der Waals surface area contributed by atoms with Crippen molar-refractivity contribution in [2.75, 3.05) is 6.61 Å². The summed E-state index contributed by atoms with van der Waals surface area (Å²) in [6.07, 6.45) is -0.727. The molecule has 1 aliphatic carbocycles. The fourth-order valence-electron chi connectivity index (χ4n) is 4.17. The highest BCUT2D eigenvalue weighted by molar-refractivity contribution is 5.80. The van der Waals surface area contributed by atoms with Crippen LogP contribution in [0.1, 0.15) is 57.6 Å². The van der Waals surface area contributed by atoms with Crippen LogP contribution in [0.15, 0.2) is 48.5 Å². The number of fused-ring (bicyclic) bond motifs is 3. The summed E-state index contributed by atoms with van der Waals surface area (Å²) in [7, 11) is 0. The van der Waals surface area contributed by atoms with Gasteiger partial charge < -0.3 is 20.5 Å². The minimum atomic E-state index is -0.972. The normalized spacial score (nSPS) is 14.5. The predicted octanol–water partition coefficient (Wildman–Crippen LogP) is 4.31. The van der Waals surface area contributed by atoms with E-state index >= 15 is 0 Å². The average Bonchev–Trinajstić information content (AvgIpc) is 3.04. The Labute approximate surface area is 194 Å². The maximum atomic E-state index is 12.4. The molecule has 0 aromatic heterocycles. The lowest BCUT2D eigenvalue weighted by Gasteiger charge is -2.30. The van der Waals surface area contributed by atoms with Crippen molar-refractivity contribution < 1.29 is 24.2 Å². The largest absolute Gasteiger partial charge is 0.481 e. The molecule has 2 amide bonds. The monoisotopic (exact) mass is 452 g/mol. The SMILES string of the molecule is C[C@@H](CC(=O)NC(CC(=O)O)C(C)(C)C)NC(=O)OCC1c2ccccc2-c2ccccc21. The molecule has 2 atom stereocenters. The summed E-state index contributed by atoms with van der Waals surface area (Å²) in [6, 6.07) is 15.2. The van der Waals surface area contributed by atoms with E-state index in [0.717, 1.165) is 22.3 Å². The minimum absolute atomic E-state index is 0.0242. The standard InChI is InChI=1S/C26H32N2O5/c1-16(13-23(29)28-22(14-24(30)31)26(2,3)4)27-25(32)33-15-21-19-11-7-5-9-17(19)18-10-6-8-12-20(18)21/h5-12,16,21-22H,13-15H2,1-4H3,(H,27,32)(H,28,29)(H,30,31)/t16-,22?/m0/s1. The van der Waals surface area contributed by atoms with Gasteiger partial charge in [-0.05, 0) is 34.6 Å². The Morgan fingerprint density at radius 3 is 2.00 bits per heavy atom. The highest BCUT2D eigenvalue weighted by Gasteiger charge is 2.30. The van der Waals surface area contributed by atoms with E-state index < -0.39 is 29.6 Å². The van der Waals surface area contributed by atoms with Crippen molar-refractivity contribution in [1.82, 2.24) is 10.6 Å². The molecule has 7 nitrogen and oxygen atoms in total. The van der Waals surface area contributed by atoms with Crippen LogP contribution in [0.5, 0.6) is 0 Å². The third kappa shape index (κ3) is 6.12. The number of nitrogens with one attached hydrogen (secondary N) is 2. The molecule has 0 fully saturated rings. The summed E-state index contributed by atoms with van der Waals surface area (Å²) < 4.78 is 5.52. The number of amides is 2. The number of carboxylic acids is 1. The second-order valence-electron chi connectivity index (χ2n) is 9.66.